The van der Waals surface area contributed by atoms with Gasteiger partial charge in [0.25, 0.3) is 0 Å². The van der Waals surface area contributed by atoms with E-state index >= 15 is 0 Å². The molecule has 0 aromatic heterocycles. The van der Waals surface area contributed by atoms with E-state index in [0.717, 1.165) is 0 Å². The maximum absolute atomic E-state index is 12.8. The topological polar surface area (TPSA) is 66.5 Å². The Morgan fingerprint density at radius 2 is 1.75 bits per heavy atom. The van der Waals surface area contributed by atoms with Gasteiger partial charge < -0.3 is 5.32 Å². The summed E-state index contributed by atoms with van der Waals surface area (Å²) in [6.07, 6.45) is 3.68. The maximum Gasteiger partial charge on any atom is 0.237 e. The van der Waals surface area contributed by atoms with Crippen LogP contribution >= 0.6 is 0 Å². The number of likely N-dealkylation sites (tertiary alicyclic amines) is 1. The van der Waals surface area contributed by atoms with Crippen molar-refractivity contribution in [2.45, 2.75) is 26.8 Å². The Kier molecular flexibility index (Phi) is 4.26. The first-order valence-corrected chi connectivity index (χ1v) is 8.33. The normalized spacial score (nSPS) is 29.1. The molecule has 5 nitrogen and oxygen atoms in total. The van der Waals surface area contributed by atoms with Crippen LogP contribution in [0.4, 0.5) is 5.69 Å². The molecule has 5 heteroatoms. The summed E-state index contributed by atoms with van der Waals surface area (Å²) >= 11 is 0. The quantitative estimate of drug-likeness (QED) is 0.685. The molecule has 1 aliphatic heterocycles. The van der Waals surface area contributed by atoms with Gasteiger partial charge in [0.2, 0.25) is 17.7 Å². The minimum Gasteiger partial charge on any atom is -0.326 e. The lowest BCUT2D eigenvalue weighted by Crippen LogP contribution is -2.42. The molecule has 0 bridgehead atoms. The van der Waals surface area contributed by atoms with Gasteiger partial charge in [0, 0.05) is 11.7 Å². The van der Waals surface area contributed by atoms with Crippen LogP contribution in [0.3, 0.4) is 0 Å². The molecule has 1 aromatic carbocycles. The van der Waals surface area contributed by atoms with Gasteiger partial charge in [-0.15, -0.1) is 0 Å². The van der Waals surface area contributed by atoms with Crippen LogP contribution in [0, 0.1) is 23.7 Å². The van der Waals surface area contributed by atoms with Crippen LogP contribution in [0.15, 0.2) is 42.5 Å². The summed E-state index contributed by atoms with van der Waals surface area (Å²) in [5.41, 5.74) is 0.693. The van der Waals surface area contributed by atoms with Crippen molar-refractivity contribution in [1.29, 1.82) is 0 Å². The highest BCUT2D eigenvalue weighted by molar-refractivity contribution is 6.09. The van der Waals surface area contributed by atoms with Crippen molar-refractivity contribution >= 4 is 23.4 Å². The third-order valence-electron chi connectivity index (χ3n) is 4.87. The fourth-order valence-corrected chi connectivity index (χ4v) is 3.72. The summed E-state index contributed by atoms with van der Waals surface area (Å²) in [5, 5.41) is 2.88. The van der Waals surface area contributed by atoms with Crippen molar-refractivity contribution in [1.82, 2.24) is 4.90 Å². The van der Waals surface area contributed by atoms with Gasteiger partial charge >= 0.3 is 0 Å². The minimum atomic E-state index is -0.608. The molecule has 4 unspecified atom stereocenters. The molecule has 0 spiro atoms. The Bertz CT molecular complexity index is 696. The fourth-order valence-electron chi connectivity index (χ4n) is 3.72. The first kappa shape index (κ1) is 16.4. The predicted octanol–water partition coefficient (Wildman–Crippen LogP) is 2.46. The van der Waals surface area contributed by atoms with E-state index in [1.165, 1.54) is 4.90 Å². The van der Waals surface area contributed by atoms with Crippen molar-refractivity contribution < 1.29 is 14.4 Å². The standard InChI is InChI=1S/C19H22N2O3/c1-11(2)21-18(23)14-10-9-12(3)15(16(14)19(21)24)17(22)20-13-7-5-4-6-8-13/h4-12,14-16H,1-3H3,(H,20,22). The van der Waals surface area contributed by atoms with E-state index in [4.69, 9.17) is 0 Å². The van der Waals surface area contributed by atoms with Crippen LogP contribution in [0.25, 0.3) is 0 Å². The SMILES string of the molecule is CC1C=CC2C(=O)N(C(C)C)C(=O)C2C1C(=O)Nc1ccccc1. The summed E-state index contributed by atoms with van der Waals surface area (Å²) < 4.78 is 0. The second-order valence-electron chi connectivity index (χ2n) is 6.82. The van der Waals surface area contributed by atoms with Gasteiger partial charge in [-0.05, 0) is 31.9 Å². The number of anilines is 1. The van der Waals surface area contributed by atoms with Gasteiger partial charge in [-0.3, -0.25) is 19.3 Å². The van der Waals surface area contributed by atoms with Crippen molar-refractivity contribution in [2.24, 2.45) is 23.7 Å². The van der Waals surface area contributed by atoms with E-state index in [2.05, 4.69) is 5.32 Å². The molecular weight excluding hydrogens is 304 g/mol. The lowest BCUT2D eigenvalue weighted by molar-refractivity contribution is -0.143. The molecule has 1 heterocycles. The smallest absolute Gasteiger partial charge is 0.237 e. The van der Waals surface area contributed by atoms with E-state index in [-0.39, 0.29) is 29.7 Å². The Labute approximate surface area is 141 Å². The molecule has 3 amide bonds. The number of imide groups is 1. The highest BCUT2D eigenvalue weighted by atomic mass is 16.2. The first-order valence-electron chi connectivity index (χ1n) is 8.33. The number of rotatable bonds is 3. The molecule has 0 saturated carbocycles. The second-order valence-corrected chi connectivity index (χ2v) is 6.82. The van der Waals surface area contributed by atoms with Crippen LogP contribution in [-0.2, 0) is 14.4 Å². The number of amides is 3. The molecule has 1 N–H and O–H groups in total. The van der Waals surface area contributed by atoms with Crippen molar-refractivity contribution in [3.8, 4) is 0 Å². The third kappa shape index (κ3) is 2.64. The number of nitrogens with one attached hydrogen (secondary N) is 1. The molecule has 1 fully saturated rings. The van der Waals surface area contributed by atoms with Crippen LogP contribution < -0.4 is 5.32 Å². The zero-order valence-electron chi connectivity index (χ0n) is 14.1. The monoisotopic (exact) mass is 326 g/mol. The third-order valence-corrected chi connectivity index (χ3v) is 4.87. The van der Waals surface area contributed by atoms with Gasteiger partial charge in [-0.25, -0.2) is 0 Å². The molecule has 126 valence electrons. The van der Waals surface area contributed by atoms with E-state index in [1.807, 2.05) is 45.0 Å². The molecule has 3 rings (SSSR count). The number of hydrogen-bond acceptors (Lipinski definition) is 3. The Morgan fingerprint density at radius 1 is 1.08 bits per heavy atom. The van der Waals surface area contributed by atoms with Crippen LogP contribution in [0.5, 0.6) is 0 Å². The van der Waals surface area contributed by atoms with Gasteiger partial charge in [-0.2, -0.15) is 0 Å². The van der Waals surface area contributed by atoms with Gasteiger partial charge in [0.15, 0.2) is 0 Å². The molecule has 1 saturated heterocycles. The summed E-state index contributed by atoms with van der Waals surface area (Å²) in [4.78, 5) is 39.5. The number of carbonyl (C=O) groups excluding carboxylic acids is 3. The second kappa shape index (κ2) is 6.23. The van der Waals surface area contributed by atoms with Crippen LogP contribution in [0.1, 0.15) is 20.8 Å². The fraction of sp³-hybridized carbons (Fsp3) is 0.421. The average Bonchev–Trinajstić information content (AvgIpc) is 2.79. The molecular formula is C19H22N2O3. The Balaban J connectivity index is 1.90. The van der Waals surface area contributed by atoms with E-state index in [0.29, 0.717) is 5.69 Å². The lowest BCUT2D eigenvalue weighted by Gasteiger charge is -2.30. The maximum atomic E-state index is 12.8. The van der Waals surface area contributed by atoms with Crippen LogP contribution in [-0.4, -0.2) is 28.7 Å². The van der Waals surface area contributed by atoms with E-state index in [1.54, 1.807) is 18.2 Å². The number of benzene rings is 1. The Hall–Kier alpha value is -2.43. The molecule has 4 atom stereocenters. The van der Waals surface area contributed by atoms with E-state index < -0.39 is 17.8 Å². The average molecular weight is 326 g/mol. The minimum absolute atomic E-state index is 0.0983. The number of para-hydroxylation sites is 1. The van der Waals surface area contributed by atoms with Crippen molar-refractivity contribution in [3.05, 3.63) is 42.5 Å². The van der Waals surface area contributed by atoms with Crippen molar-refractivity contribution in [3.63, 3.8) is 0 Å². The zero-order valence-corrected chi connectivity index (χ0v) is 14.1. The number of nitrogens with zero attached hydrogens (tertiary/aromatic N) is 1. The summed E-state index contributed by atoms with van der Waals surface area (Å²) in [6, 6.07) is 8.97. The van der Waals surface area contributed by atoms with Crippen LogP contribution in [0.2, 0.25) is 0 Å². The predicted molar refractivity (Wildman–Crippen MR) is 90.8 cm³/mol. The summed E-state index contributed by atoms with van der Waals surface area (Å²) in [7, 11) is 0. The number of hydrogen-bond donors (Lipinski definition) is 1. The molecule has 2 aliphatic rings. The summed E-state index contributed by atoms with van der Waals surface area (Å²) in [6.45, 7) is 5.55. The molecule has 1 aliphatic carbocycles. The molecule has 24 heavy (non-hydrogen) atoms. The number of allylic oxidation sites excluding steroid dienone is 1. The highest BCUT2D eigenvalue weighted by Gasteiger charge is 2.54. The van der Waals surface area contributed by atoms with E-state index in [9.17, 15) is 14.4 Å². The Morgan fingerprint density at radius 3 is 2.38 bits per heavy atom. The van der Waals surface area contributed by atoms with Gasteiger partial charge in [0.05, 0.1) is 17.8 Å². The van der Waals surface area contributed by atoms with Gasteiger partial charge in [-0.1, -0.05) is 37.3 Å². The summed E-state index contributed by atoms with van der Waals surface area (Å²) in [5.74, 6) is -2.41. The van der Waals surface area contributed by atoms with Gasteiger partial charge in [0.1, 0.15) is 0 Å². The molecule has 1 aromatic rings. The zero-order chi connectivity index (χ0) is 17.4. The highest BCUT2D eigenvalue weighted by Crippen LogP contribution is 2.42. The lowest BCUT2D eigenvalue weighted by atomic mass is 9.71. The van der Waals surface area contributed by atoms with Crippen molar-refractivity contribution in [2.75, 3.05) is 5.32 Å². The largest absolute Gasteiger partial charge is 0.326 e. The first-order chi connectivity index (χ1) is 11.4. The number of fused-ring (bicyclic) bond motifs is 1. The molecule has 0 radical (unpaired) electrons. The number of carbonyl (C=O) groups is 3.